The van der Waals surface area contributed by atoms with E-state index in [0.29, 0.717) is 12.3 Å². The Kier molecular flexibility index (Phi) is 7.63. The highest BCUT2D eigenvalue weighted by atomic mass is 16.5. The van der Waals surface area contributed by atoms with Crippen molar-refractivity contribution in [3.8, 4) is 5.75 Å². The minimum absolute atomic E-state index is 0.0158. The Labute approximate surface area is 173 Å². The maximum Gasteiger partial charge on any atom is 0.223 e. The van der Waals surface area contributed by atoms with Gasteiger partial charge in [0, 0.05) is 58.9 Å². The van der Waals surface area contributed by atoms with Gasteiger partial charge in [-0.05, 0) is 29.8 Å². The van der Waals surface area contributed by atoms with Crippen LogP contribution in [0.3, 0.4) is 0 Å². The number of carbonyl (C=O) groups is 1. The van der Waals surface area contributed by atoms with Crippen LogP contribution in [0.4, 0.5) is 5.69 Å². The second kappa shape index (κ2) is 10.4. The molecule has 1 N–H and O–H groups in total. The third kappa shape index (κ3) is 6.56. The first kappa shape index (κ1) is 21.3. The highest BCUT2D eigenvalue weighted by molar-refractivity contribution is 5.90. The smallest absolute Gasteiger partial charge is 0.223 e. The van der Waals surface area contributed by atoms with Crippen LogP contribution in [0, 0.1) is 0 Å². The standard InChI is InChI=1S/C23H31N3O3/c1-19(27)24(2)21-8-10-23(11-9-21)29-18-22(28)17-26-14-12-25(13-15-26)16-20-6-4-3-5-7-20/h3-11,22,28H,12-18H2,1-2H3/t22-/m0/s1. The highest BCUT2D eigenvalue weighted by Crippen LogP contribution is 2.19. The molecule has 1 heterocycles. The zero-order chi connectivity index (χ0) is 20.6. The number of rotatable bonds is 8. The summed E-state index contributed by atoms with van der Waals surface area (Å²) < 4.78 is 5.71. The molecule has 29 heavy (non-hydrogen) atoms. The van der Waals surface area contributed by atoms with Gasteiger partial charge in [-0.25, -0.2) is 0 Å². The Balaban J connectivity index is 1.37. The maximum atomic E-state index is 11.4. The van der Waals surface area contributed by atoms with Crippen LogP contribution in [0.1, 0.15) is 12.5 Å². The summed E-state index contributed by atoms with van der Waals surface area (Å²) in [6.07, 6.45) is -0.532. The normalized spacial score (nSPS) is 16.4. The van der Waals surface area contributed by atoms with E-state index in [4.69, 9.17) is 4.74 Å². The number of anilines is 1. The summed E-state index contributed by atoms with van der Waals surface area (Å²) in [5.41, 5.74) is 2.16. The van der Waals surface area contributed by atoms with E-state index < -0.39 is 6.10 Å². The molecule has 2 aromatic carbocycles. The van der Waals surface area contributed by atoms with Crippen LogP contribution in [0.15, 0.2) is 54.6 Å². The van der Waals surface area contributed by atoms with Crippen molar-refractivity contribution in [3.05, 3.63) is 60.2 Å². The van der Waals surface area contributed by atoms with E-state index in [1.807, 2.05) is 30.3 Å². The molecule has 6 heteroatoms. The average molecular weight is 398 g/mol. The van der Waals surface area contributed by atoms with Crippen LogP contribution in [0.25, 0.3) is 0 Å². The van der Waals surface area contributed by atoms with Crippen molar-refractivity contribution < 1.29 is 14.6 Å². The minimum Gasteiger partial charge on any atom is -0.491 e. The lowest BCUT2D eigenvalue weighted by molar-refractivity contribution is -0.116. The summed E-state index contributed by atoms with van der Waals surface area (Å²) in [7, 11) is 1.74. The van der Waals surface area contributed by atoms with E-state index in [1.54, 1.807) is 11.9 Å². The predicted octanol–water partition coefficient (Wildman–Crippen LogP) is 2.23. The first-order chi connectivity index (χ1) is 14.0. The van der Waals surface area contributed by atoms with Gasteiger partial charge in [0.05, 0.1) is 0 Å². The minimum atomic E-state index is -0.532. The maximum absolute atomic E-state index is 11.4. The van der Waals surface area contributed by atoms with Gasteiger partial charge in [0.25, 0.3) is 0 Å². The first-order valence-electron chi connectivity index (χ1n) is 10.1. The van der Waals surface area contributed by atoms with Crippen LogP contribution in [0.5, 0.6) is 5.75 Å². The number of aliphatic hydroxyl groups excluding tert-OH is 1. The van der Waals surface area contributed by atoms with Crippen LogP contribution < -0.4 is 9.64 Å². The summed E-state index contributed by atoms with van der Waals surface area (Å²) in [5, 5.41) is 10.3. The second-order valence-corrected chi connectivity index (χ2v) is 7.60. The Morgan fingerprint density at radius 3 is 2.28 bits per heavy atom. The summed E-state index contributed by atoms with van der Waals surface area (Å²) in [4.78, 5) is 17.7. The molecule has 0 spiro atoms. The molecule has 0 aromatic heterocycles. The molecule has 3 rings (SSSR count). The molecule has 0 unspecified atom stereocenters. The SMILES string of the molecule is CC(=O)N(C)c1ccc(OC[C@@H](O)CN2CCN(Cc3ccccc3)CC2)cc1. The van der Waals surface area contributed by atoms with Crippen molar-refractivity contribution in [1.29, 1.82) is 0 Å². The molecule has 0 radical (unpaired) electrons. The quantitative estimate of drug-likeness (QED) is 0.740. The van der Waals surface area contributed by atoms with Gasteiger partial charge in [0.15, 0.2) is 0 Å². The van der Waals surface area contributed by atoms with E-state index in [2.05, 4.69) is 34.1 Å². The molecule has 1 aliphatic rings. The van der Waals surface area contributed by atoms with Crippen molar-refractivity contribution in [2.45, 2.75) is 19.6 Å². The number of ether oxygens (including phenoxy) is 1. The number of hydrogen-bond donors (Lipinski definition) is 1. The van der Waals surface area contributed by atoms with Gasteiger partial charge >= 0.3 is 0 Å². The van der Waals surface area contributed by atoms with Crippen molar-refractivity contribution in [2.75, 3.05) is 51.3 Å². The van der Waals surface area contributed by atoms with Crippen molar-refractivity contribution in [3.63, 3.8) is 0 Å². The fourth-order valence-electron chi connectivity index (χ4n) is 3.46. The molecule has 0 bridgehead atoms. The number of benzene rings is 2. The fraction of sp³-hybridized carbons (Fsp3) is 0.435. The molecule has 1 saturated heterocycles. The van der Waals surface area contributed by atoms with E-state index in [9.17, 15) is 9.90 Å². The number of amides is 1. The molecule has 1 fully saturated rings. The third-order valence-electron chi connectivity index (χ3n) is 5.32. The number of carbonyl (C=O) groups excluding carboxylic acids is 1. The number of β-amino-alcohol motifs (C(OH)–C–C–N with tert-alkyl or cyclic N) is 1. The molecule has 1 amide bonds. The highest BCUT2D eigenvalue weighted by Gasteiger charge is 2.19. The van der Waals surface area contributed by atoms with Gasteiger partial charge in [-0.15, -0.1) is 0 Å². The molecule has 156 valence electrons. The molecular formula is C23H31N3O3. The Morgan fingerprint density at radius 2 is 1.66 bits per heavy atom. The monoisotopic (exact) mass is 397 g/mol. The van der Waals surface area contributed by atoms with Gasteiger partial charge in [-0.1, -0.05) is 30.3 Å². The first-order valence-corrected chi connectivity index (χ1v) is 10.1. The third-order valence-corrected chi connectivity index (χ3v) is 5.32. The van der Waals surface area contributed by atoms with Crippen molar-refractivity contribution >= 4 is 11.6 Å². The zero-order valence-electron chi connectivity index (χ0n) is 17.3. The lowest BCUT2D eigenvalue weighted by Crippen LogP contribution is -2.48. The summed E-state index contributed by atoms with van der Waals surface area (Å²) in [5.74, 6) is 0.676. The van der Waals surface area contributed by atoms with Crippen LogP contribution in [-0.2, 0) is 11.3 Å². The summed E-state index contributed by atoms with van der Waals surface area (Å²) in [6.45, 7) is 7.31. The lowest BCUT2D eigenvalue weighted by Gasteiger charge is -2.35. The largest absolute Gasteiger partial charge is 0.491 e. The zero-order valence-corrected chi connectivity index (χ0v) is 17.3. The molecule has 1 atom stereocenters. The summed E-state index contributed by atoms with van der Waals surface area (Å²) in [6, 6.07) is 17.9. The Morgan fingerprint density at radius 1 is 1.03 bits per heavy atom. The Bertz CT molecular complexity index is 759. The average Bonchev–Trinajstić information content (AvgIpc) is 2.74. The Hall–Kier alpha value is -2.41. The van der Waals surface area contributed by atoms with E-state index in [-0.39, 0.29) is 12.5 Å². The van der Waals surface area contributed by atoms with Crippen molar-refractivity contribution in [1.82, 2.24) is 9.80 Å². The number of hydrogen-bond acceptors (Lipinski definition) is 5. The lowest BCUT2D eigenvalue weighted by atomic mass is 10.2. The van der Waals surface area contributed by atoms with Gasteiger partial charge in [-0.3, -0.25) is 14.6 Å². The van der Waals surface area contributed by atoms with Crippen molar-refractivity contribution in [2.24, 2.45) is 0 Å². The second-order valence-electron chi connectivity index (χ2n) is 7.60. The van der Waals surface area contributed by atoms with Crippen LogP contribution in [0.2, 0.25) is 0 Å². The number of piperazine rings is 1. The predicted molar refractivity (Wildman–Crippen MR) is 115 cm³/mol. The van der Waals surface area contributed by atoms with E-state index in [1.165, 1.54) is 12.5 Å². The summed E-state index contributed by atoms with van der Waals surface area (Å²) >= 11 is 0. The molecule has 1 aliphatic heterocycles. The molecular weight excluding hydrogens is 366 g/mol. The van der Waals surface area contributed by atoms with Gasteiger partial charge in [0.1, 0.15) is 18.5 Å². The number of aliphatic hydroxyl groups is 1. The van der Waals surface area contributed by atoms with Gasteiger partial charge in [0.2, 0.25) is 5.91 Å². The van der Waals surface area contributed by atoms with Gasteiger partial charge < -0.3 is 14.7 Å². The van der Waals surface area contributed by atoms with E-state index in [0.717, 1.165) is 38.4 Å². The fourth-order valence-corrected chi connectivity index (χ4v) is 3.46. The number of nitrogens with zero attached hydrogens (tertiary/aromatic N) is 3. The topological polar surface area (TPSA) is 56.3 Å². The van der Waals surface area contributed by atoms with E-state index >= 15 is 0 Å². The molecule has 0 saturated carbocycles. The van der Waals surface area contributed by atoms with Crippen LogP contribution in [-0.4, -0.2) is 73.3 Å². The molecule has 2 aromatic rings. The molecule has 0 aliphatic carbocycles. The molecule has 6 nitrogen and oxygen atoms in total. The van der Waals surface area contributed by atoms with Crippen LogP contribution >= 0.6 is 0 Å². The van der Waals surface area contributed by atoms with Gasteiger partial charge in [-0.2, -0.15) is 0 Å².